The zero-order chi connectivity index (χ0) is 19.6. The Kier molecular flexibility index (Phi) is 10.6. The number of nitrogens with zero attached hydrogens (tertiary/aromatic N) is 5. The topological polar surface area (TPSA) is 68.7 Å². The molecule has 0 atom stereocenters. The Morgan fingerprint density at radius 1 is 1.14 bits per heavy atom. The van der Waals surface area contributed by atoms with E-state index in [-0.39, 0.29) is 24.0 Å². The smallest absolute Gasteiger partial charge is 0.225 e. The monoisotopic (exact) mass is 529 g/mol. The molecule has 1 aliphatic rings. The summed E-state index contributed by atoms with van der Waals surface area (Å²) in [5, 5.41) is 6.79. The second-order valence-electron chi connectivity index (χ2n) is 6.87. The number of nitrogens with one attached hydrogen (secondary N) is 2. The summed E-state index contributed by atoms with van der Waals surface area (Å²) < 4.78 is 0. The molecule has 160 valence electrons. The highest BCUT2D eigenvalue weighted by Crippen LogP contribution is 2.15. The molecule has 0 amide bonds. The molecule has 0 spiro atoms. The molecule has 9 heteroatoms. The standard InChI is InChI=1S/C20H31N7S.HI/c1-3-21-19(25-16-18-7-6-17(2)28-18)22-10-5-11-26-12-14-27(15-13-26)20-23-8-4-9-24-20;/h4,6-9H,3,5,10-16H2,1-2H3,(H2,21,22,25);1H. The van der Waals surface area contributed by atoms with Gasteiger partial charge in [0, 0.05) is 61.4 Å². The van der Waals surface area contributed by atoms with Crippen LogP contribution in [0.3, 0.4) is 0 Å². The van der Waals surface area contributed by atoms with Gasteiger partial charge < -0.3 is 15.5 Å². The third-order valence-corrected chi connectivity index (χ3v) is 5.67. The zero-order valence-corrected chi connectivity index (χ0v) is 20.5. The number of aryl methyl sites for hydroxylation is 1. The molecule has 7 nitrogen and oxygen atoms in total. The van der Waals surface area contributed by atoms with E-state index in [0.29, 0.717) is 0 Å². The molecule has 1 saturated heterocycles. The summed E-state index contributed by atoms with van der Waals surface area (Å²) in [5.41, 5.74) is 0. The maximum atomic E-state index is 4.70. The van der Waals surface area contributed by atoms with Gasteiger partial charge >= 0.3 is 0 Å². The normalized spacial score (nSPS) is 15.1. The van der Waals surface area contributed by atoms with Crippen LogP contribution in [0.25, 0.3) is 0 Å². The fourth-order valence-electron chi connectivity index (χ4n) is 3.20. The number of piperazine rings is 1. The van der Waals surface area contributed by atoms with E-state index in [2.05, 4.69) is 56.4 Å². The molecular formula is C20H32IN7S. The van der Waals surface area contributed by atoms with E-state index in [1.807, 2.05) is 29.8 Å². The summed E-state index contributed by atoms with van der Waals surface area (Å²) in [5.74, 6) is 1.75. The van der Waals surface area contributed by atoms with Gasteiger partial charge in [0.15, 0.2) is 5.96 Å². The lowest BCUT2D eigenvalue weighted by molar-refractivity contribution is 0.254. The number of hydrogen-bond acceptors (Lipinski definition) is 6. The fourth-order valence-corrected chi connectivity index (χ4v) is 4.02. The van der Waals surface area contributed by atoms with Crippen molar-refractivity contribution in [3.8, 4) is 0 Å². The first-order valence-corrected chi connectivity index (χ1v) is 10.9. The van der Waals surface area contributed by atoms with Gasteiger partial charge in [0.05, 0.1) is 6.54 Å². The lowest BCUT2D eigenvalue weighted by atomic mass is 10.3. The van der Waals surface area contributed by atoms with E-state index in [1.165, 1.54) is 9.75 Å². The number of aromatic nitrogens is 2. The number of aliphatic imine (C=N–C) groups is 1. The molecule has 2 N–H and O–H groups in total. The Hall–Kier alpha value is -1.46. The van der Waals surface area contributed by atoms with Crippen molar-refractivity contribution in [1.29, 1.82) is 0 Å². The van der Waals surface area contributed by atoms with Gasteiger partial charge in [0.25, 0.3) is 0 Å². The molecule has 0 bridgehead atoms. The summed E-state index contributed by atoms with van der Waals surface area (Å²) in [6.07, 6.45) is 4.72. The molecule has 1 aliphatic heterocycles. The number of guanidine groups is 1. The van der Waals surface area contributed by atoms with Crippen LogP contribution >= 0.6 is 35.3 Å². The summed E-state index contributed by atoms with van der Waals surface area (Å²) in [4.78, 5) is 20.8. The number of hydrogen-bond donors (Lipinski definition) is 2. The number of rotatable bonds is 8. The van der Waals surface area contributed by atoms with Crippen molar-refractivity contribution < 1.29 is 0 Å². The highest BCUT2D eigenvalue weighted by atomic mass is 127. The van der Waals surface area contributed by atoms with E-state index in [4.69, 9.17) is 4.99 Å². The molecule has 0 unspecified atom stereocenters. The van der Waals surface area contributed by atoms with E-state index in [9.17, 15) is 0 Å². The summed E-state index contributed by atoms with van der Waals surface area (Å²) in [6.45, 7) is 12.0. The largest absolute Gasteiger partial charge is 0.357 e. The van der Waals surface area contributed by atoms with E-state index >= 15 is 0 Å². The minimum Gasteiger partial charge on any atom is -0.357 e. The van der Waals surface area contributed by atoms with Crippen molar-refractivity contribution >= 4 is 47.2 Å². The highest BCUT2D eigenvalue weighted by molar-refractivity contribution is 14.0. The Bertz CT molecular complexity index is 729. The molecule has 0 aliphatic carbocycles. The first-order chi connectivity index (χ1) is 13.7. The Morgan fingerprint density at radius 2 is 1.90 bits per heavy atom. The number of halogens is 1. The first-order valence-electron chi connectivity index (χ1n) is 10.1. The van der Waals surface area contributed by atoms with Crippen LogP contribution in [-0.2, 0) is 6.54 Å². The van der Waals surface area contributed by atoms with Gasteiger partial charge in [-0.15, -0.1) is 35.3 Å². The second kappa shape index (κ2) is 13.0. The van der Waals surface area contributed by atoms with Crippen LogP contribution in [0.15, 0.2) is 35.6 Å². The van der Waals surface area contributed by atoms with Gasteiger partial charge in [-0.25, -0.2) is 15.0 Å². The molecule has 1 fully saturated rings. The maximum absolute atomic E-state index is 4.70. The van der Waals surface area contributed by atoms with Gasteiger partial charge in [-0.1, -0.05) is 0 Å². The molecule has 2 aromatic heterocycles. The third kappa shape index (κ3) is 8.06. The molecule has 2 aromatic rings. The van der Waals surface area contributed by atoms with Crippen LogP contribution < -0.4 is 15.5 Å². The average molecular weight is 529 g/mol. The number of thiophene rings is 1. The van der Waals surface area contributed by atoms with Gasteiger partial charge in [-0.2, -0.15) is 0 Å². The van der Waals surface area contributed by atoms with Gasteiger partial charge in [-0.05, 0) is 45.0 Å². The third-order valence-electron chi connectivity index (χ3n) is 4.68. The van der Waals surface area contributed by atoms with Gasteiger partial charge in [0.1, 0.15) is 0 Å². The van der Waals surface area contributed by atoms with E-state index < -0.39 is 0 Å². The van der Waals surface area contributed by atoms with Crippen LogP contribution in [0.1, 0.15) is 23.1 Å². The van der Waals surface area contributed by atoms with Crippen LogP contribution in [0.2, 0.25) is 0 Å². The zero-order valence-electron chi connectivity index (χ0n) is 17.3. The first kappa shape index (κ1) is 23.8. The predicted molar refractivity (Wildman–Crippen MR) is 133 cm³/mol. The lowest BCUT2D eigenvalue weighted by Gasteiger charge is -2.34. The van der Waals surface area contributed by atoms with Crippen LogP contribution in [-0.4, -0.2) is 66.6 Å². The van der Waals surface area contributed by atoms with E-state index in [1.54, 1.807) is 0 Å². The fraction of sp³-hybridized carbons (Fsp3) is 0.550. The molecule has 29 heavy (non-hydrogen) atoms. The van der Waals surface area contributed by atoms with Crippen molar-refractivity contribution in [2.75, 3.05) is 50.7 Å². The average Bonchev–Trinajstić information content (AvgIpc) is 3.15. The van der Waals surface area contributed by atoms with Crippen molar-refractivity contribution in [1.82, 2.24) is 25.5 Å². The molecule has 3 rings (SSSR count). The van der Waals surface area contributed by atoms with Crippen molar-refractivity contribution in [3.05, 3.63) is 40.3 Å². The lowest BCUT2D eigenvalue weighted by Crippen LogP contribution is -2.47. The minimum atomic E-state index is 0. The molecule has 0 saturated carbocycles. The van der Waals surface area contributed by atoms with Gasteiger partial charge in [-0.3, -0.25) is 4.90 Å². The quantitative estimate of drug-likeness (QED) is 0.237. The molecule has 3 heterocycles. The second-order valence-corrected chi connectivity index (χ2v) is 8.24. The molecule has 0 radical (unpaired) electrons. The Labute approximate surface area is 195 Å². The highest BCUT2D eigenvalue weighted by Gasteiger charge is 2.18. The Morgan fingerprint density at radius 3 is 2.55 bits per heavy atom. The van der Waals surface area contributed by atoms with Crippen molar-refractivity contribution in [3.63, 3.8) is 0 Å². The molecule has 0 aromatic carbocycles. The van der Waals surface area contributed by atoms with Crippen LogP contribution in [0.5, 0.6) is 0 Å². The minimum absolute atomic E-state index is 0. The number of anilines is 1. The maximum Gasteiger partial charge on any atom is 0.225 e. The summed E-state index contributed by atoms with van der Waals surface area (Å²) >= 11 is 1.81. The van der Waals surface area contributed by atoms with Crippen LogP contribution in [0.4, 0.5) is 5.95 Å². The van der Waals surface area contributed by atoms with Crippen LogP contribution in [0, 0.1) is 6.92 Å². The van der Waals surface area contributed by atoms with Crippen molar-refractivity contribution in [2.45, 2.75) is 26.8 Å². The predicted octanol–water partition coefficient (Wildman–Crippen LogP) is 2.73. The Balaban J connectivity index is 0.00000300. The van der Waals surface area contributed by atoms with E-state index in [0.717, 1.165) is 70.7 Å². The van der Waals surface area contributed by atoms with Gasteiger partial charge in [0.2, 0.25) is 5.95 Å². The summed E-state index contributed by atoms with van der Waals surface area (Å²) in [7, 11) is 0. The SMILES string of the molecule is CCNC(=NCc1ccc(C)s1)NCCCN1CCN(c2ncccn2)CC1.I. The molecular weight excluding hydrogens is 497 g/mol. The van der Waals surface area contributed by atoms with Crippen molar-refractivity contribution in [2.24, 2.45) is 4.99 Å². The summed E-state index contributed by atoms with van der Waals surface area (Å²) in [6, 6.07) is 6.17.